The van der Waals surface area contributed by atoms with E-state index in [4.69, 9.17) is 14.2 Å². The Morgan fingerprint density at radius 3 is 2.51 bits per heavy atom. The number of esters is 1. The van der Waals surface area contributed by atoms with Crippen LogP contribution in [0, 0.1) is 39.4 Å². The number of carbonyl (C=O) groups is 1. The SMILES string of the molecule is CO[C@H]1O[C@H]2CC[C@@]13C1=C(CC[C@H]3C2(C)C)[C@]2(C)CC[C@H]([C@H](C)[C@H]3CC=C(C)C(=O)O3)[C@@]2(C)CC1. The second kappa shape index (κ2) is 7.69. The molecule has 4 aliphatic carbocycles. The van der Waals surface area contributed by atoms with Crippen LogP contribution in [0.2, 0.25) is 0 Å². The van der Waals surface area contributed by atoms with Crippen molar-refractivity contribution in [1.82, 2.24) is 0 Å². The molecule has 0 aromatic carbocycles. The summed E-state index contributed by atoms with van der Waals surface area (Å²) in [5.74, 6) is 1.48. The Balaban J connectivity index is 1.38. The first kappa shape index (κ1) is 24.2. The van der Waals surface area contributed by atoms with E-state index in [0.717, 1.165) is 18.4 Å². The number of hydrogen-bond donors (Lipinski definition) is 0. The molecule has 0 aromatic rings. The molecule has 0 aromatic heterocycles. The third-order valence-electron chi connectivity index (χ3n) is 12.8. The summed E-state index contributed by atoms with van der Waals surface area (Å²) in [6, 6.07) is 0. The summed E-state index contributed by atoms with van der Waals surface area (Å²) >= 11 is 0. The summed E-state index contributed by atoms with van der Waals surface area (Å²) in [4.78, 5) is 12.3. The minimum Gasteiger partial charge on any atom is -0.458 e. The van der Waals surface area contributed by atoms with Crippen molar-refractivity contribution in [2.45, 2.75) is 118 Å². The van der Waals surface area contributed by atoms with E-state index in [1.165, 1.54) is 44.9 Å². The van der Waals surface area contributed by atoms with Crippen LogP contribution >= 0.6 is 0 Å². The van der Waals surface area contributed by atoms with Crippen LogP contribution in [0.4, 0.5) is 0 Å². The predicted molar refractivity (Wildman–Crippen MR) is 136 cm³/mol. The van der Waals surface area contributed by atoms with Gasteiger partial charge in [0, 0.05) is 24.5 Å². The Kier molecular flexibility index (Phi) is 5.32. The summed E-state index contributed by atoms with van der Waals surface area (Å²) in [5.41, 5.74) is 4.95. The number of carbonyl (C=O) groups excluding carboxylic acids is 1. The molecular weight excluding hydrogens is 436 g/mol. The van der Waals surface area contributed by atoms with Gasteiger partial charge in [0.25, 0.3) is 0 Å². The number of allylic oxidation sites excluding steroid dienone is 1. The maximum Gasteiger partial charge on any atom is 0.333 e. The second-order valence-corrected chi connectivity index (χ2v) is 14.0. The number of hydrogen-bond acceptors (Lipinski definition) is 4. The van der Waals surface area contributed by atoms with Crippen LogP contribution in [0.15, 0.2) is 22.8 Å². The van der Waals surface area contributed by atoms with Crippen molar-refractivity contribution in [2.75, 3.05) is 7.11 Å². The summed E-state index contributed by atoms with van der Waals surface area (Å²) in [6.07, 6.45) is 13.0. The Morgan fingerprint density at radius 1 is 1.03 bits per heavy atom. The van der Waals surface area contributed by atoms with E-state index < -0.39 is 0 Å². The zero-order chi connectivity index (χ0) is 25.0. The largest absolute Gasteiger partial charge is 0.458 e. The van der Waals surface area contributed by atoms with Crippen molar-refractivity contribution >= 4 is 5.97 Å². The highest BCUT2D eigenvalue weighted by molar-refractivity contribution is 5.88. The maximum atomic E-state index is 12.3. The lowest BCUT2D eigenvalue weighted by molar-refractivity contribution is -0.330. The molecule has 4 nitrogen and oxygen atoms in total. The van der Waals surface area contributed by atoms with Gasteiger partial charge in [0.05, 0.1) is 6.10 Å². The molecular formula is C31H46O4. The summed E-state index contributed by atoms with van der Waals surface area (Å²) < 4.78 is 18.8. The average Bonchev–Trinajstić information content (AvgIpc) is 3.11. The first-order chi connectivity index (χ1) is 16.5. The van der Waals surface area contributed by atoms with Gasteiger partial charge in [0.1, 0.15) is 6.10 Å². The number of rotatable bonds is 3. The monoisotopic (exact) mass is 482 g/mol. The average molecular weight is 483 g/mol. The number of cyclic esters (lactones) is 1. The Bertz CT molecular complexity index is 992. The number of methoxy groups -OCH3 is 1. The van der Waals surface area contributed by atoms with Gasteiger partial charge in [-0.15, -0.1) is 0 Å². The zero-order valence-electron chi connectivity index (χ0n) is 23.0. The Hall–Kier alpha value is -1.13. The van der Waals surface area contributed by atoms with Crippen LogP contribution in [-0.4, -0.2) is 31.6 Å². The topological polar surface area (TPSA) is 44.8 Å². The van der Waals surface area contributed by atoms with Crippen molar-refractivity contribution in [3.05, 3.63) is 22.8 Å². The van der Waals surface area contributed by atoms with E-state index in [0.29, 0.717) is 23.9 Å². The van der Waals surface area contributed by atoms with Crippen LogP contribution in [0.25, 0.3) is 0 Å². The Morgan fingerprint density at radius 2 is 1.80 bits per heavy atom. The van der Waals surface area contributed by atoms with E-state index in [9.17, 15) is 4.79 Å². The standard InChI is InChI=1S/C31H46O4/c1-18-8-10-23(34-26(18)32)19(2)20-12-15-30(6)21-9-11-24-28(3,4)25-14-17-31(24,27(33-7)35-25)22(21)13-16-29(20,30)5/h8,19-20,23-25,27H,9-17H2,1-7H3/t19-,20+,23+,24-,25-,27-,29+,30-,31-/m0/s1. The highest BCUT2D eigenvalue weighted by atomic mass is 16.7. The fourth-order valence-electron chi connectivity index (χ4n) is 10.6. The summed E-state index contributed by atoms with van der Waals surface area (Å²) in [5, 5.41) is 0. The highest BCUT2D eigenvalue weighted by Gasteiger charge is 2.69. The van der Waals surface area contributed by atoms with Gasteiger partial charge in [-0.3, -0.25) is 0 Å². The molecule has 7 rings (SSSR count). The predicted octanol–water partition coefficient (Wildman–Crippen LogP) is 6.99. The fourth-order valence-corrected chi connectivity index (χ4v) is 10.6. The quantitative estimate of drug-likeness (QED) is 0.321. The minimum absolute atomic E-state index is 0.0146. The smallest absolute Gasteiger partial charge is 0.333 e. The van der Waals surface area contributed by atoms with Crippen molar-refractivity contribution in [1.29, 1.82) is 0 Å². The van der Waals surface area contributed by atoms with Gasteiger partial charge in [-0.1, -0.05) is 51.8 Å². The van der Waals surface area contributed by atoms with E-state index in [1.807, 2.05) is 14.0 Å². The van der Waals surface area contributed by atoms with Crippen LogP contribution in [0.5, 0.6) is 0 Å². The number of fused-ring (bicyclic) bond motifs is 4. The van der Waals surface area contributed by atoms with E-state index >= 15 is 0 Å². The van der Waals surface area contributed by atoms with Gasteiger partial charge in [-0.25, -0.2) is 4.79 Å². The van der Waals surface area contributed by atoms with Gasteiger partial charge in [0.15, 0.2) is 6.29 Å². The molecule has 0 unspecified atom stereocenters. The normalized spacial score (nSPS) is 49.1. The third kappa shape index (κ3) is 2.90. The van der Waals surface area contributed by atoms with E-state index in [-0.39, 0.29) is 40.0 Å². The van der Waals surface area contributed by atoms with Crippen LogP contribution < -0.4 is 0 Å². The highest BCUT2D eigenvalue weighted by Crippen LogP contribution is 2.74. The van der Waals surface area contributed by atoms with Crippen LogP contribution in [0.3, 0.4) is 0 Å². The molecule has 3 heterocycles. The molecule has 2 saturated heterocycles. The van der Waals surface area contributed by atoms with Gasteiger partial charge in [-0.05, 0) is 92.3 Å². The van der Waals surface area contributed by atoms with Crippen molar-refractivity contribution in [3.8, 4) is 0 Å². The van der Waals surface area contributed by atoms with Crippen molar-refractivity contribution in [2.24, 2.45) is 39.4 Å². The first-order valence-corrected chi connectivity index (χ1v) is 14.3. The van der Waals surface area contributed by atoms with Gasteiger partial charge in [-0.2, -0.15) is 0 Å². The molecule has 2 bridgehead atoms. The maximum absolute atomic E-state index is 12.3. The lowest BCUT2D eigenvalue weighted by atomic mass is 9.41. The molecule has 1 spiro atoms. The zero-order valence-corrected chi connectivity index (χ0v) is 23.0. The van der Waals surface area contributed by atoms with E-state index in [2.05, 4.69) is 40.7 Å². The molecule has 35 heavy (non-hydrogen) atoms. The molecule has 7 aliphatic rings. The lowest BCUT2D eigenvalue weighted by Gasteiger charge is -2.68. The molecule has 194 valence electrons. The molecule has 0 N–H and O–H groups in total. The van der Waals surface area contributed by atoms with Crippen LogP contribution in [0.1, 0.15) is 99.3 Å². The molecule has 3 aliphatic heterocycles. The van der Waals surface area contributed by atoms with Gasteiger partial charge < -0.3 is 14.2 Å². The second-order valence-electron chi connectivity index (χ2n) is 14.0. The Labute approximate surface area is 212 Å². The summed E-state index contributed by atoms with van der Waals surface area (Å²) in [7, 11) is 1.86. The lowest BCUT2D eigenvalue weighted by Crippen LogP contribution is -2.66. The third-order valence-corrected chi connectivity index (χ3v) is 12.8. The molecule has 4 fully saturated rings. The molecule has 9 atom stereocenters. The van der Waals surface area contributed by atoms with E-state index in [1.54, 1.807) is 11.1 Å². The van der Waals surface area contributed by atoms with Crippen molar-refractivity contribution < 1.29 is 19.0 Å². The molecule has 0 radical (unpaired) electrons. The molecule has 0 amide bonds. The number of ether oxygens (including phenoxy) is 3. The van der Waals surface area contributed by atoms with Crippen LogP contribution in [-0.2, 0) is 19.0 Å². The fraction of sp³-hybridized carbons (Fsp3) is 0.839. The first-order valence-electron chi connectivity index (χ1n) is 14.3. The summed E-state index contributed by atoms with van der Waals surface area (Å²) in [6.45, 7) is 14.3. The van der Waals surface area contributed by atoms with Gasteiger partial charge in [0.2, 0.25) is 0 Å². The molecule has 2 saturated carbocycles. The molecule has 4 heteroatoms. The van der Waals surface area contributed by atoms with Crippen molar-refractivity contribution in [3.63, 3.8) is 0 Å². The van der Waals surface area contributed by atoms with Gasteiger partial charge >= 0.3 is 5.97 Å². The minimum atomic E-state index is -0.119.